The summed E-state index contributed by atoms with van der Waals surface area (Å²) < 4.78 is 0. The van der Waals surface area contributed by atoms with Gasteiger partial charge in [0.2, 0.25) is 0 Å². The van der Waals surface area contributed by atoms with E-state index in [1.165, 1.54) is 0 Å². The normalized spacial score (nSPS) is 9.00. The van der Waals surface area contributed by atoms with E-state index in [1.807, 2.05) is 0 Å². The minimum atomic E-state index is -0.997. The molecule has 0 heterocycles. The van der Waals surface area contributed by atoms with E-state index in [9.17, 15) is 4.79 Å². The van der Waals surface area contributed by atoms with E-state index in [0.29, 0.717) is 0 Å². The average molecular weight is 150 g/mol. The van der Waals surface area contributed by atoms with Crippen LogP contribution in [0.4, 0.5) is 4.79 Å². The molecule has 0 rings (SSSR count). The first-order valence-electron chi connectivity index (χ1n) is 2.94. The zero-order valence-electron chi connectivity index (χ0n) is 5.96. The lowest BCUT2D eigenvalue weighted by molar-refractivity contribution is -0.316. The molecule has 0 N–H and O–H groups in total. The standard InChI is InChI=1S/C5H10O5/c1-3-7-9-5(6)10-8-4-2/h3-4H2,1-2H3. The van der Waals surface area contributed by atoms with Gasteiger partial charge in [-0.2, -0.15) is 14.6 Å². The van der Waals surface area contributed by atoms with Crippen molar-refractivity contribution in [3.05, 3.63) is 0 Å². The quantitative estimate of drug-likeness (QED) is 0.442. The zero-order chi connectivity index (χ0) is 7.82. The van der Waals surface area contributed by atoms with Crippen molar-refractivity contribution in [1.29, 1.82) is 0 Å². The van der Waals surface area contributed by atoms with E-state index in [1.54, 1.807) is 13.8 Å². The molecule has 5 heteroatoms. The molecule has 0 aromatic heterocycles. The Bertz CT molecular complexity index is 82.0. The van der Waals surface area contributed by atoms with Crippen molar-refractivity contribution in [2.75, 3.05) is 13.2 Å². The van der Waals surface area contributed by atoms with Crippen LogP contribution < -0.4 is 0 Å². The third-order valence-electron chi connectivity index (χ3n) is 0.490. The lowest BCUT2D eigenvalue weighted by Gasteiger charge is -1.99. The second-order valence-corrected chi connectivity index (χ2v) is 1.23. The fourth-order valence-electron chi connectivity index (χ4n) is 0.228. The van der Waals surface area contributed by atoms with Crippen molar-refractivity contribution in [2.45, 2.75) is 13.8 Å². The minimum Gasteiger partial charge on any atom is -0.257 e. The van der Waals surface area contributed by atoms with Crippen molar-refractivity contribution in [1.82, 2.24) is 0 Å². The molecule has 0 aromatic rings. The summed E-state index contributed by atoms with van der Waals surface area (Å²) in [6, 6.07) is 0. The first-order valence-corrected chi connectivity index (χ1v) is 2.94. The summed E-state index contributed by atoms with van der Waals surface area (Å²) in [6.07, 6.45) is -0.997. The van der Waals surface area contributed by atoms with Gasteiger partial charge >= 0.3 is 6.16 Å². The van der Waals surface area contributed by atoms with Gasteiger partial charge in [-0.05, 0) is 13.8 Å². The number of hydrogen-bond acceptors (Lipinski definition) is 5. The maximum absolute atomic E-state index is 10.3. The van der Waals surface area contributed by atoms with Crippen molar-refractivity contribution in [3.8, 4) is 0 Å². The largest absolute Gasteiger partial charge is 0.573 e. The maximum Gasteiger partial charge on any atom is 0.573 e. The molecular formula is C5H10O5. The van der Waals surface area contributed by atoms with Crippen LogP contribution in [0.5, 0.6) is 0 Å². The molecule has 0 aliphatic rings. The highest BCUT2D eigenvalue weighted by molar-refractivity contribution is 5.58. The molecule has 0 saturated carbocycles. The maximum atomic E-state index is 10.3. The molecule has 0 aromatic carbocycles. The lowest BCUT2D eigenvalue weighted by Crippen LogP contribution is -2.08. The van der Waals surface area contributed by atoms with Gasteiger partial charge < -0.3 is 0 Å². The summed E-state index contributed by atoms with van der Waals surface area (Å²) in [7, 11) is 0. The molecule has 10 heavy (non-hydrogen) atoms. The third-order valence-corrected chi connectivity index (χ3v) is 0.490. The fourth-order valence-corrected chi connectivity index (χ4v) is 0.228. The van der Waals surface area contributed by atoms with Gasteiger partial charge in [-0.25, -0.2) is 0 Å². The molecule has 0 unspecified atom stereocenters. The van der Waals surface area contributed by atoms with Crippen molar-refractivity contribution < 1.29 is 24.3 Å². The zero-order valence-corrected chi connectivity index (χ0v) is 5.96. The first kappa shape index (κ1) is 9.19. The Kier molecular flexibility index (Phi) is 5.80. The van der Waals surface area contributed by atoms with Crippen LogP contribution in [0.1, 0.15) is 13.8 Å². The van der Waals surface area contributed by atoms with Crippen LogP contribution in [-0.2, 0) is 19.6 Å². The lowest BCUT2D eigenvalue weighted by atomic mass is 10.9. The summed E-state index contributed by atoms with van der Waals surface area (Å²) in [4.78, 5) is 26.8. The van der Waals surface area contributed by atoms with Gasteiger partial charge in [0.25, 0.3) is 0 Å². The van der Waals surface area contributed by atoms with E-state index in [4.69, 9.17) is 0 Å². The van der Waals surface area contributed by atoms with E-state index in [2.05, 4.69) is 19.6 Å². The van der Waals surface area contributed by atoms with Crippen molar-refractivity contribution in [2.24, 2.45) is 0 Å². The highest BCUT2D eigenvalue weighted by atomic mass is 17.3. The van der Waals surface area contributed by atoms with Gasteiger partial charge in [0.1, 0.15) is 0 Å². The number of carbonyl (C=O) groups is 1. The van der Waals surface area contributed by atoms with Gasteiger partial charge in [0.15, 0.2) is 0 Å². The number of hydrogen-bond donors (Lipinski definition) is 0. The summed E-state index contributed by atoms with van der Waals surface area (Å²) in [5.41, 5.74) is 0. The van der Waals surface area contributed by atoms with Crippen LogP contribution in [0.15, 0.2) is 0 Å². The molecule has 5 nitrogen and oxygen atoms in total. The van der Waals surface area contributed by atoms with Crippen molar-refractivity contribution >= 4 is 6.16 Å². The molecule has 0 fully saturated rings. The molecule has 60 valence electrons. The Morgan fingerprint density at radius 2 is 1.50 bits per heavy atom. The summed E-state index contributed by atoms with van der Waals surface area (Å²) >= 11 is 0. The molecule has 0 spiro atoms. The number of rotatable bonds is 4. The van der Waals surface area contributed by atoms with Gasteiger partial charge in [-0.3, -0.25) is 9.78 Å². The van der Waals surface area contributed by atoms with Gasteiger partial charge in [0, 0.05) is 0 Å². The molecule has 0 saturated heterocycles. The Balaban J connectivity index is 3.09. The smallest absolute Gasteiger partial charge is 0.257 e. The molecule has 0 radical (unpaired) electrons. The highest BCUT2D eigenvalue weighted by Crippen LogP contribution is 1.86. The summed E-state index contributed by atoms with van der Waals surface area (Å²) in [5.74, 6) is 0. The van der Waals surface area contributed by atoms with Crippen LogP contribution in [0.2, 0.25) is 0 Å². The summed E-state index contributed by atoms with van der Waals surface area (Å²) in [5, 5.41) is 0. The molecule has 0 amide bonds. The van der Waals surface area contributed by atoms with Crippen LogP contribution in [0.3, 0.4) is 0 Å². The Morgan fingerprint density at radius 3 is 1.80 bits per heavy atom. The molecule has 0 aliphatic heterocycles. The average Bonchev–Trinajstić information content (AvgIpc) is 1.97. The highest BCUT2D eigenvalue weighted by Gasteiger charge is 2.03. The van der Waals surface area contributed by atoms with E-state index in [-0.39, 0.29) is 13.2 Å². The summed E-state index contributed by atoms with van der Waals surface area (Å²) in [6.45, 7) is 3.91. The Hall–Kier alpha value is -0.810. The molecule has 0 aliphatic carbocycles. The van der Waals surface area contributed by atoms with Crippen LogP contribution in [0, 0.1) is 0 Å². The fraction of sp³-hybridized carbons (Fsp3) is 0.800. The van der Waals surface area contributed by atoms with E-state index in [0.717, 1.165) is 0 Å². The monoisotopic (exact) mass is 150 g/mol. The second kappa shape index (κ2) is 6.31. The van der Waals surface area contributed by atoms with Crippen molar-refractivity contribution in [3.63, 3.8) is 0 Å². The van der Waals surface area contributed by atoms with E-state index < -0.39 is 6.16 Å². The molecular weight excluding hydrogens is 140 g/mol. The van der Waals surface area contributed by atoms with Gasteiger partial charge in [-0.15, -0.1) is 0 Å². The number of carbonyl (C=O) groups excluding carboxylic acids is 1. The predicted molar refractivity (Wildman–Crippen MR) is 30.8 cm³/mol. The van der Waals surface area contributed by atoms with Crippen LogP contribution in [0.25, 0.3) is 0 Å². The van der Waals surface area contributed by atoms with Gasteiger partial charge in [-0.1, -0.05) is 0 Å². The topological polar surface area (TPSA) is 54.0 Å². The predicted octanol–water partition coefficient (Wildman–Crippen LogP) is 1.04. The van der Waals surface area contributed by atoms with Crippen LogP contribution in [-0.4, -0.2) is 19.4 Å². The first-order chi connectivity index (χ1) is 4.81. The Morgan fingerprint density at radius 1 is 1.10 bits per heavy atom. The Labute approximate surface area is 58.7 Å². The SMILES string of the molecule is CCOOC(=O)OOCC. The van der Waals surface area contributed by atoms with Gasteiger partial charge in [0.05, 0.1) is 13.2 Å². The third kappa shape index (κ3) is 5.33. The molecule has 0 bridgehead atoms. The van der Waals surface area contributed by atoms with E-state index >= 15 is 0 Å². The minimum absolute atomic E-state index is 0.279. The van der Waals surface area contributed by atoms with Crippen LogP contribution >= 0.6 is 0 Å². The molecule has 0 atom stereocenters. The second-order valence-electron chi connectivity index (χ2n) is 1.23.